The van der Waals surface area contributed by atoms with Gasteiger partial charge in [0.15, 0.2) is 0 Å². The van der Waals surface area contributed by atoms with Crippen molar-refractivity contribution >= 4 is 29.0 Å². The Kier molecular flexibility index (Phi) is 4.88. The third-order valence-electron chi connectivity index (χ3n) is 5.20. The van der Waals surface area contributed by atoms with E-state index in [0.717, 1.165) is 38.4 Å². The summed E-state index contributed by atoms with van der Waals surface area (Å²) >= 11 is 5.74. The van der Waals surface area contributed by atoms with Crippen molar-refractivity contribution in [1.29, 1.82) is 0 Å². The van der Waals surface area contributed by atoms with E-state index in [-0.39, 0.29) is 22.7 Å². The number of rotatable bonds is 3. The van der Waals surface area contributed by atoms with Crippen molar-refractivity contribution in [3.8, 4) is 5.75 Å². The summed E-state index contributed by atoms with van der Waals surface area (Å²) in [5, 5.41) is 9.42. The summed E-state index contributed by atoms with van der Waals surface area (Å²) in [4.78, 5) is 23.1. The summed E-state index contributed by atoms with van der Waals surface area (Å²) in [6.07, 6.45) is 2.16. The number of aromatic hydroxyl groups is 1. The van der Waals surface area contributed by atoms with E-state index in [1.807, 2.05) is 0 Å². The molecule has 1 amide bonds. The minimum absolute atomic E-state index is 0.00734. The maximum atomic E-state index is 13.7. The van der Waals surface area contributed by atoms with Crippen LogP contribution in [0.1, 0.15) is 6.42 Å². The fourth-order valence-corrected chi connectivity index (χ4v) is 3.86. The third-order valence-corrected chi connectivity index (χ3v) is 5.51. The highest BCUT2D eigenvalue weighted by atomic mass is 35.5. The van der Waals surface area contributed by atoms with E-state index >= 15 is 0 Å². The van der Waals surface area contributed by atoms with Gasteiger partial charge < -0.3 is 14.9 Å². The smallest absolute Gasteiger partial charge is 0.244 e. The molecule has 0 aliphatic carbocycles. The Balaban J connectivity index is 1.39. The van der Waals surface area contributed by atoms with E-state index in [2.05, 4.69) is 14.8 Å². The Bertz CT molecular complexity index is 840. The molecule has 8 heteroatoms. The van der Waals surface area contributed by atoms with E-state index in [4.69, 9.17) is 11.6 Å². The monoisotopic (exact) mass is 390 g/mol. The molecule has 0 saturated carbocycles. The highest BCUT2D eigenvalue weighted by Gasteiger charge is 2.38. The first-order valence-corrected chi connectivity index (χ1v) is 9.31. The molecular weight excluding hydrogens is 371 g/mol. The van der Waals surface area contributed by atoms with E-state index in [0.29, 0.717) is 12.2 Å². The number of amides is 1. The molecule has 4 rings (SSSR count). The Morgan fingerprint density at radius 2 is 1.89 bits per heavy atom. The fraction of sp³-hybridized carbons (Fsp3) is 0.368. The molecular formula is C19H20ClFN4O2. The van der Waals surface area contributed by atoms with Crippen LogP contribution in [0.2, 0.25) is 5.02 Å². The summed E-state index contributed by atoms with van der Waals surface area (Å²) in [6.45, 7) is 3.60. The number of pyridine rings is 1. The topological polar surface area (TPSA) is 59.9 Å². The molecule has 0 bridgehead atoms. The highest BCUT2D eigenvalue weighted by Crippen LogP contribution is 2.28. The number of hydrogen-bond acceptors (Lipinski definition) is 5. The Labute approximate surface area is 161 Å². The summed E-state index contributed by atoms with van der Waals surface area (Å²) in [5.74, 6) is 0.462. The Hall–Kier alpha value is -2.38. The average molecular weight is 391 g/mol. The van der Waals surface area contributed by atoms with Gasteiger partial charge in [-0.25, -0.2) is 9.37 Å². The van der Waals surface area contributed by atoms with Gasteiger partial charge in [0.1, 0.15) is 17.4 Å². The summed E-state index contributed by atoms with van der Waals surface area (Å²) in [5.41, 5.74) is 0.552. The van der Waals surface area contributed by atoms with Crippen LogP contribution < -0.4 is 9.80 Å². The van der Waals surface area contributed by atoms with Gasteiger partial charge in [-0.2, -0.15) is 0 Å². The van der Waals surface area contributed by atoms with Crippen LogP contribution in [0.25, 0.3) is 0 Å². The third kappa shape index (κ3) is 3.57. The number of nitrogens with zero attached hydrogens (tertiary/aromatic N) is 4. The lowest BCUT2D eigenvalue weighted by molar-refractivity contribution is -0.121. The number of piperazine rings is 1. The molecule has 2 saturated heterocycles. The first-order chi connectivity index (χ1) is 13.0. The maximum absolute atomic E-state index is 13.7. The molecule has 1 aromatic carbocycles. The van der Waals surface area contributed by atoms with E-state index in [1.54, 1.807) is 23.1 Å². The van der Waals surface area contributed by atoms with Crippen LogP contribution in [0, 0.1) is 5.82 Å². The van der Waals surface area contributed by atoms with Crippen molar-refractivity contribution in [1.82, 2.24) is 9.88 Å². The second-order valence-corrected chi connectivity index (χ2v) is 7.20. The normalized spacial score (nSPS) is 21.1. The van der Waals surface area contributed by atoms with Crippen LogP contribution >= 0.6 is 11.6 Å². The quantitative estimate of drug-likeness (QED) is 0.872. The van der Waals surface area contributed by atoms with Crippen LogP contribution in [0.5, 0.6) is 5.75 Å². The molecule has 1 unspecified atom stereocenters. The van der Waals surface area contributed by atoms with Gasteiger partial charge in [-0.05, 0) is 36.8 Å². The number of hydrogen-bond donors (Lipinski definition) is 1. The molecule has 3 heterocycles. The zero-order valence-corrected chi connectivity index (χ0v) is 15.4. The first-order valence-electron chi connectivity index (χ1n) is 8.93. The maximum Gasteiger partial charge on any atom is 0.244 e. The minimum atomic E-state index is -0.513. The van der Waals surface area contributed by atoms with E-state index in [9.17, 15) is 14.3 Å². The minimum Gasteiger partial charge on any atom is -0.506 e. The van der Waals surface area contributed by atoms with Gasteiger partial charge in [0.25, 0.3) is 0 Å². The molecule has 1 aromatic heterocycles. The van der Waals surface area contributed by atoms with Crippen LogP contribution in [-0.4, -0.2) is 59.7 Å². The molecule has 1 N–H and O–H groups in total. The van der Waals surface area contributed by atoms with Crippen molar-refractivity contribution in [2.45, 2.75) is 12.5 Å². The van der Waals surface area contributed by atoms with Gasteiger partial charge in [-0.3, -0.25) is 9.69 Å². The van der Waals surface area contributed by atoms with E-state index < -0.39 is 5.82 Å². The zero-order valence-electron chi connectivity index (χ0n) is 14.7. The Morgan fingerprint density at radius 3 is 2.56 bits per heavy atom. The van der Waals surface area contributed by atoms with E-state index in [1.165, 1.54) is 18.3 Å². The molecule has 2 aliphatic rings. The molecule has 2 aromatic rings. The average Bonchev–Trinajstić information content (AvgIpc) is 3.06. The number of anilines is 2. The standard InChI is InChI=1S/C19H20ClFN4O2/c20-15-3-1-13(11-16(15)21)25-6-5-17(19(25)27)23-7-9-24(10-8-23)18-4-2-14(26)12-22-18/h1-4,11-12,17,26H,5-10H2. The van der Waals surface area contributed by atoms with Gasteiger partial charge in [-0.1, -0.05) is 11.6 Å². The molecule has 1 atom stereocenters. The SMILES string of the molecule is O=C1C(N2CCN(c3ccc(O)cn3)CC2)CCN1c1ccc(Cl)c(F)c1. The van der Waals surface area contributed by atoms with Crippen molar-refractivity contribution in [2.24, 2.45) is 0 Å². The van der Waals surface area contributed by atoms with Crippen LogP contribution in [0.4, 0.5) is 15.9 Å². The largest absolute Gasteiger partial charge is 0.506 e. The van der Waals surface area contributed by atoms with Crippen molar-refractivity contribution in [2.75, 3.05) is 42.5 Å². The number of halogens is 2. The number of benzene rings is 1. The summed E-state index contributed by atoms with van der Waals surface area (Å²) < 4.78 is 13.7. The van der Waals surface area contributed by atoms with Gasteiger partial charge in [-0.15, -0.1) is 0 Å². The van der Waals surface area contributed by atoms with Gasteiger partial charge in [0, 0.05) is 38.4 Å². The van der Waals surface area contributed by atoms with Crippen LogP contribution in [-0.2, 0) is 4.79 Å². The molecule has 2 aliphatic heterocycles. The van der Waals surface area contributed by atoms with Crippen molar-refractivity contribution < 1.29 is 14.3 Å². The van der Waals surface area contributed by atoms with Crippen LogP contribution in [0.3, 0.4) is 0 Å². The number of carbonyl (C=O) groups excluding carboxylic acids is 1. The zero-order chi connectivity index (χ0) is 19.0. The van der Waals surface area contributed by atoms with Crippen molar-refractivity contribution in [3.05, 3.63) is 47.4 Å². The number of aromatic nitrogens is 1. The lowest BCUT2D eigenvalue weighted by Gasteiger charge is -2.37. The van der Waals surface area contributed by atoms with Crippen molar-refractivity contribution in [3.63, 3.8) is 0 Å². The van der Waals surface area contributed by atoms with Gasteiger partial charge in [0.2, 0.25) is 5.91 Å². The molecule has 27 heavy (non-hydrogen) atoms. The second-order valence-electron chi connectivity index (χ2n) is 6.79. The molecule has 0 spiro atoms. The summed E-state index contributed by atoms with van der Waals surface area (Å²) in [7, 11) is 0. The molecule has 142 valence electrons. The Morgan fingerprint density at radius 1 is 1.11 bits per heavy atom. The summed E-state index contributed by atoms with van der Waals surface area (Å²) in [6, 6.07) is 7.72. The van der Waals surface area contributed by atoms with Crippen LogP contribution in [0.15, 0.2) is 36.5 Å². The first kappa shape index (κ1) is 18.0. The molecule has 0 radical (unpaired) electrons. The van der Waals surface area contributed by atoms with Gasteiger partial charge in [0.05, 0.1) is 17.3 Å². The fourth-order valence-electron chi connectivity index (χ4n) is 3.74. The lowest BCUT2D eigenvalue weighted by atomic mass is 10.1. The molecule has 2 fully saturated rings. The molecule has 6 nitrogen and oxygen atoms in total. The highest BCUT2D eigenvalue weighted by molar-refractivity contribution is 6.30. The number of carbonyl (C=O) groups is 1. The second kappa shape index (κ2) is 7.32. The van der Waals surface area contributed by atoms with Gasteiger partial charge >= 0.3 is 0 Å². The predicted octanol–water partition coefficient (Wildman–Crippen LogP) is 2.51. The predicted molar refractivity (Wildman–Crippen MR) is 102 cm³/mol. The lowest BCUT2D eigenvalue weighted by Crippen LogP contribution is -2.52.